The van der Waals surface area contributed by atoms with Crippen LogP contribution in [0.25, 0.3) is 0 Å². The van der Waals surface area contributed by atoms with Crippen molar-refractivity contribution >= 4 is 39.8 Å². The minimum atomic E-state index is -3.21. The van der Waals surface area contributed by atoms with E-state index in [-0.39, 0.29) is 36.3 Å². The van der Waals surface area contributed by atoms with Crippen molar-refractivity contribution in [1.29, 1.82) is 0 Å². The fourth-order valence-electron chi connectivity index (χ4n) is 2.60. The molecule has 0 radical (unpaired) electrons. The van der Waals surface area contributed by atoms with E-state index in [2.05, 4.69) is 20.7 Å². The van der Waals surface area contributed by atoms with Crippen molar-refractivity contribution in [3.63, 3.8) is 0 Å². The van der Waals surface area contributed by atoms with Gasteiger partial charge in [-0.1, -0.05) is 6.07 Å². The Morgan fingerprint density at radius 3 is 2.64 bits per heavy atom. The Labute approximate surface area is 182 Å². The van der Waals surface area contributed by atoms with Gasteiger partial charge in [0.05, 0.1) is 18.5 Å². The van der Waals surface area contributed by atoms with E-state index in [0.29, 0.717) is 30.2 Å². The Hall–Kier alpha value is -1.69. The van der Waals surface area contributed by atoms with Crippen LogP contribution in [0.3, 0.4) is 0 Å². The van der Waals surface area contributed by atoms with Crippen molar-refractivity contribution in [2.24, 2.45) is 12.0 Å². The lowest BCUT2D eigenvalue weighted by Crippen LogP contribution is -2.38. The maximum Gasteiger partial charge on any atom is 0.191 e. The first-order valence-corrected chi connectivity index (χ1v) is 10.8. The predicted molar refractivity (Wildman–Crippen MR) is 120 cm³/mol. The van der Waals surface area contributed by atoms with Crippen LogP contribution in [-0.4, -0.2) is 43.5 Å². The molecule has 0 atom stereocenters. The Kier molecular flexibility index (Phi) is 9.87. The molecule has 7 nitrogen and oxygen atoms in total. The molecule has 0 saturated carbocycles. The molecule has 10 heteroatoms. The second kappa shape index (κ2) is 11.3. The van der Waals surface area contributed by atoms with E-state index in [9.17, 15) is 12.8 Å². The average Bonchev–Trinajstić information content (AvgIpc) is 2.99. The topological polar surface area (TPSA) is 88.4 Å². The largest absolute Gasteiger partial charge is 0.357 e. The standard InChI is InChI=1S/C18H26FN5O2S.HI/c1-4-20-18(21-8-7-14-10-23-24(2)12-14)22-11-16-9-17(19)6-5-15(16)13-27(3,25)26;/h5-6,9-10,12H,4,7-8,11,13H2,1-3H3,(H2,20,21,22);1H. The van der Waals surface area contributed by atoms with Crippen molar-refractivity contribution in [1.82, 2.24) is 20.4 Å². The lowest BCUT2D eigenvalue weighted by Gasteiger charge is -2.12. The molecule has 0 bridgehead atoms. The third-order valence-electron chi connectivity index (χ3n) is 3.80. The molecule has 0 fully saturated rings. The first-order valence-electron chi connectivity index (χ1n) is 8.71. The van der Waals surface area contributed by atoms with E-state index in [1.54, 1.807) is 4.68 Å². The van der Waals surface area contributed by atoms with E-state index in [0.717, 1.165) is 18.2 Å². The molecule has 0 amide bonds. The highest BCUT2D eigenvalue weighted by atomic mass is 127. The summed E-state index contributed by atoms with van der Waals surface area (Å²) in [7, 11) is -1.34. The first kappa shape index (κ1) is 24.3. The Balaban J connectivity index is 0.00000392. The monoisotopic (exact) mass is 523 g/mol. The first-order chi connectivity index (χ1) is 12.8. The molecule has 0 aliphatic heterocycles. The van der Waals surface area contributed by atoms with Gasteiger partial charge in [0.1, 0.15) is 5.82 Å². The zero-order valence-corrected chi connectivity index (χ0v) is 19.4. The highest BCUT2D eigenvalue weighted by Crippen LogP contribution is 2.15. The van der Waals surface area contributed by atoms with E-state index >= 15 is 0 Å². The second-order valence-electron chi connectivity index (χ2n) is 6.38. The molecule has 2 aromatic rings. The van der Waals surface area contributed by atoms with Gasteiger partial charge in [0.2, 0.25) is 0 Å². The van der Waals surface area contributed by atoms with Gasteiger partial charge in [0.15, 0.2) is 15.8 Å². The summed E-state index contributed by atoms with van der Waals surface area (Å²) >= 11 is 0. The summed E-state index contributed by atoms with van der Waals surface area (Å²) in [4.78, 5) is 4.46. The van der Waals surface area contributed by atoms with Crippen molar-refractivity contribution in [3.8, 4) is 0 Å². The number of aryl methyl sites for hydroxylation is 1. The number of hydrogen-bond acceptors (Lipinski definition) is 4. The lowest BCUT2D eigenvalue weighted by atomic mass is 10.1. The average molecular weight is 523 g/mol. The quantitative estimate of drug-likeness (QED) is 0.314. The summed E-state index contributed by atoms with van der Waals surface area (Å²) in [5.41, 5.74) is 2.24. The Bertz CT molecular complexity index is 899. The maximum absolute atomic E-state index is 13.6. The van der Waals surface area contributed by atoms with Gasteiger partial charge in [-0.25, -0.2) is 17.8 Å². The summed E-state index contributed by atoms with van der Waals surface area (Å²) < 4.78 is 38.5. The third kappa shape index (κ3) is 8.55. The SMILES string of the molecule is CCNC(=NCc1cc(F)ccc1CS(C)(=O)=O)NCCc1cnn(C)c1.I. The molecule has 0 aliphatic carbocycles. The number of nitrogens with one attached hydrogen (secondary N) is 2. The highest BCUT2D eigenvalue weighted by Gasteiger charge is 2.11. The maximum atomic E-state index is 13.6. The predicted octanol–water partition coefficient (Wildman–Crippen LogP) is 2.02. The molecular formula is C18H27FIN5O2S. The fraction of sp³-hybridized carbons (Fsp3) is 0.444. The van der Waals surface area contributed by atoms with Crippen LogP contribution in [0.2, 0.25) is 0 Å². The number of guanidine groups is 1. The van der Waals surface area contributed by atoms with Gasteiger partial charge >= 0.3 is 0 Å². The van der Waals surface area contributed by atoms with Crippen LogP contribution >= 0.6 is 24.0 Å². The molecule has 2 rings (SSSR count). The number of nitrogens with zero attached hydrogens (tertiary/aromatic N) is 3. The van der Waals surface area contributed by atoms with Crippen molar-refractivity contribution in [3.05, 3.63) is 53.1 Å². The summed E-state index contributed by atoms with van der Waals surface area (Å²) in [6.45, 7) is 3.48. The lowest BCUT2D eigenvalue weighted by molar-refractivity contribution is 0.600. The molecular weight excluding hydrogens is 496 g/mol. The number of halogens is 2. The summed E-state index contributed by atoms with van der Waals surface area (Å²) in [6, 6.07) is 4.11. The zero-order chi connectivity index (χ0) is 19.9. The van der Waals surface area contributed by atoms with Gasteiger partial charge in [0, 0.05) is 32.6 Å². The molecule has 1 heterocycles. The molecule has 0 aliphatic rings. The number of aliphatic imine (C=N–C) groups is 1. The number of rotatable bonds is 8. The van der Waals surface area contributed by atoms with E-state index < -0.39 is 15.7 Å². The number of sulfone groups is 1. The minimum absolute atomic E-state index is 0. The van der Waals surface area contributed by atoms with E-state index in [1.807, 2.05) is 26.4 Å². The molecule has 0 spiro atoms. The molecule has 1 aromatic heterocycles. The highest BCUT2D eigenvalue weighted by molar-refractivity contribution is 14.0. The molecule has 2 N–H and O–H groups in total. The van der Waals surface area contributed by atoms with Crippen LogP contribution in [0.15, 0.2) is 35.6 Å². The summed E-state index contributed by atoms with van der Waals surface area (Å²) in [5, 5.41) is 10.5. The van der Waals surface area contributed by atoms with E-state index in [4.69, 9.17) is 0 Å². The van der Waals surface area contributed by atoms with Crippen molar-refractivity contribution < 1.29 is 12.8 Å². The van der Waals surface area contributed by atoms with Crippen LogP contribution in [0.5, 0.6) is 0 Å². The van der Waals surface area contributed by atoms with Crippen LogP contribution in [0.4, 0.5) is 4.39 Å². The molecule has 28 heavy (non-hydrogen) atoms. The molecule has 1 aromatic carbocycles. The Morgan fingerprint density at radius 1 is 1.29 bits per heavy atom. The van der Waals surface area contributed by atoms with Crippen LogP contribution in [-0.2, 0) is 35.6 Å². The number of aromatic nitrogens is 2. The van der Waals surface area contributed by atoms with Crippen molar-refractivity contribution in [2.75, 3.05) is 19.3 Å². The van der Waals surface area contributed by atoms with E-state index in [1.165, 1.54) is 18.2 Å². The summed E-state index contributed by atoms with van der Waals surface area (Å²) in [5.74, 6) is 0.0475. The van der Waals surface area contributed by atoms with Crippen LogP contribution < -0.4 is 10.6 Å². The van der Waals surface area contributed by atoms with Crippen molar-refractivity contribution in [2.45, 2.75) is 25.6 Å². The van der Waals surface area contributed by atoms with Gasteiger partial charge in [-0.3, -0.25) is 4.68 Å². The zero-order valence-electron chi connectivity index (χ0n) is 16.3. The fourth-order valence-corrected chi connectivity index (χ4v) is 3.44. The van der Waals surface area contributed by atoms with Gasteiger partial charge in [-0.2, -0.15) is 5.10 Å². The Morgan fingerprint density at radius 2 is 2.04 bits per heavy atom. The molecule has 0 unspecified atom stereocenters. The molecule has 156 valence electrons. The summed E-state index contributed by atoms with van der Waals surface area (Å²) in [6.07, 6.45) is 5.72. The number of hydrogen-bond donors (Lipinski definition) is 2. The van der Waals surface area contributed by atoms with Crippen LogP contribution in [0, 0.1) is 5.82 Å². The van der Waals surface area contributed by atoms with Gasteiger partial charge < -0.3 is 10.6 Å². The molecule has 0 saturated heterocycles. The second-order valence-corrected chi connectivity index (χ2v) is 8.52. The van der Waals surface area contributed by atoms with Gasteiger partial charge in [-0.15, -0.1) is 24.0 Å². The number of benzene rings is 1. The minimum Gasteiger partial charge on any atom is -0.357 e. The van der Waals surface area contributed by atoms with Gasteiger partial charge in [0.25, 0.3) is 0 Å². The van der Waals surface area contributed by atoms with Gasteiger partial charge in [-0.05, 0) is 42.2 Å². The normalized spacial score (nSPS) is 11.8. The van der Waals surface area contributed by atoms with Crippen LogP contribution in [0.1, 0.15) is 23.6 Å². The third-order valence-corrected chi connectivity index (χ3v) is 4.64. The smallest absolute Gasteiger partial charge is 0.191 e.